The number of aromatic hydroxyl groups is 1. The van der Waals surface area contributed by atoms with Crippen LogP contribution in [0.1, 0.15) is 16.1 Å². The summed E-state index contributed by atoms with van der Waals surface area (Å²) in [4.78, 5) is 16.4. The number of hydrogen-bond donors (Lipinski definition) is 1. The largest absolute Gasteiger partial charge is 0.521 e. The highest BCUT2D eigenvalue weighted by atomic mass is 35.5. The third-order valence-corrected chi connectivity index (χ3v) is 4.06. The van der Waals surface area contributed by atoms with E-state index >= 15 is 0 Å². The third kappa shape index (κ3) is 3.83. The van der Waals surface area contributed by atoms with Crippen LogP contribution in [0, 0.1) is 6.92 Å². The second kappa shape index (κ2) is 7.41. The predicted octanol–water partition coefficient (Wildman–Crippen LogP) is 2.71. The molecule has 3 rings (SSSR count). The number of aromatic nitrogens is 1. The Bertz CT molecular complexity index is 916. The Morgan fingerprint density at radius 1 is 1.12 bits per heavy atom. The van der Waals surface area contributed by atoms with E-state index in [4.69, 9.17) is 16.3 Å². The Balaban J connectivity index is 2.02. The van der Waals surface area contributed by atoms with Crippen LogP contribution in [0.2, 0.25) is 5.02 Å². The minimum absolute atomic E-state index is 0.122. The highest BCUT2D eigenvalue weighted by Gasteiger charge is 2.29. The maximum absolute atomic E-state index is 12.5. The van der Waals surface area contributed by atoms with Gasteiger partial charge in [-0.05, 0) is 42.1 Å². The molecule has 4 nitrogen and oxygen atoms in total. The van der Waals surface area contributed by atoms with Crippen LogP contribution in [0.5, 0.6) is 5.75 Å². The number of carbonyl (C=O) groups excluding carboxylic acids is 1. The van der Waals surface area contributed by atoms with Crippen molar-refractivity contribution in [3.8, 4) is 5.75 Å². The topological polar surface area (TPSA) is 59.4 Å². The number of benzene rings is 2. The van der Waals surface area contributed by atoms with Crippen LogP contribution in [0.15, 0.2) is 66.9 Å². The lowest BCUT2D eigenvalue weighted by atomic mass is 9.54. The zero-order valence-electron chi connectivity index (χ0n) is 13.5. The average molecular weight is 352 g/mol. The summed E-state index contributed by atoms with van der Waals surface area (Å²) in [7, 11) is 0. The Hall–Kier alpha value is -2.79. The standard InChI is InChI=1S/C19H15BClNO3/c1-13-6-2-3-9-16(13)20(14-7-4-8-15(21)12-14)25-19(24)18-17(23)10-5-11-22-18/h2-12,23H,1H3. The van der Waals surface area contributed by atoms with Gasteiger partial charge in [0.15, 0.2) is 5.69 Å². The van der Waals surface area contributed by atoms with E-state index in [1.165, 1.54) is 12.3 Å². The van der Waals surface area contributed by atoms with Crippen molar-refractivity contribution in [2.24, 2.45) is 0 Å². The van der Waals surface area contributed by atoms with Gasteiger partial charge in [-0.2, -0.15) is 0 Å². The lowest BCUT2D eigenvalue weighted by Gasteiger charge is -2.17. The molecular weight excluding hydrogens is 336 g/mol. The molecule has 124 valence electrons. The number of pyridine rings is 1. The van der Waals surface area contributed by atoms with Gasteiger partial charge in [-0.3, -0.25) is 0 Å². The van der Waals surface area contributed by atoms with Crippen molar-refractivity contribution in [2.75, 3.05) is 0 Å². The van der Waals surface area contributed by atoms with Gasteiger partial charge in [0, 0.05) is 11.2 Å². The highest BCUT2D eigenvalue weighted by Crippen LogP contribution is 2.15. The van der Waals surface area contributed by atoms with Crippen LogP contribution in [-0.2, 0) is 4.65 Å². The first-order chi connectivity index (χ1) is 12.1. The summed E-state index contributed by atoms with van der Waals surface area (Å²) in [5.74, 6) is -0.923. The van der Waals surface area contributed by atoms with Gasteiger partial charge >= 0.3 is 12.9 Å². The van der Waals surface area contributed by atoms with Crippen molar-refractivity contribution in [3.05, 3.63) is 83.1 Å². The van der Waals surface area contributed by atoms with Crippen LogP contribution in [0.25, 0.3) is 0 Å². The molecule has 0 aliphatic heterocycles. The number of hydrogen-bond acceptors (Lipinski definition) is 4. The number of carbonyl (C=O) groups is 1. The summed E-state index contributed by atoms with van der Waals surface area (Å²) < 4.78 is 5.71. The van der Waals surface area contributed by atoms with Crippen molar-refractivity contribution in [3.63, 3.8) is 0 Å². The van der Waals surface area contributed by atoms with Crippen molar-refractivity contribution >= 4 is 35.4 Å². The van der Waals surface area contributed by atoms with Crippen molar-refractivity contribution in [1.82, 2.24) is 4.98 Å². The molecule has 2 aromatic carbocycles. The number of halogens is 1. The molecule has 0 saturated carbocycles. The summed E-state index contributed by atoms with van der Waals surface area (Å²) in [6, 6.07) is 17.7. The fraction of sp³-hybridized carbons (Fsp3) is 0.0526. The monoisotopic (exact) mass is 351 g/mol. The van der Waals surface area contributed by atoms with E-state index < -0.39 is 12.9 Å². The minimum Gasteiger partial charge on any atom is -0.521 e. The molecule has 0 amide bonds. The fourth-order valence-electron chi connectivity index (χ4n) is 2.58. The van der Waals surface area contributed by atoms with Crippen molar-refractivity contribution in [1.29, 1.82) is 0 Å². The Morgan fingerprint density at radius 2 is 1.92 bits per heavy atom. The van der Waals surface area contributed by atoms with Gasteiger partial charge in [0.25, 0.3) is 0 Å². The molecule has 0 spiro atoms. The summed E-state index contributed by atoms with van der Waals surface area (Å²) in [6.07, 6.45) is 1.43. The lowest BCUT2D eigenvalue weighted by molar-refractivity contribution is 0.0729. The van der Waals surface area contributed by atoms with Crippen LogP contribution < -0.4 is 10.9 Å². The van der Waals surface area contributed by atoms with Gasteiger partial charge < -0.3 is 9.76 Å². The summed E-state index contributed by atoms with van der Waals surface area (Å²) in [5.41, 5.74) is 2.44. The van der Waals surface area contributed by atoms with Gasteiger partial charge in [-0.25, -0.2) is 9.78 Å². The molecule has 25 heavy (non-hydrogen) atoms. The SMILES string of the molecule is Cc1ccccc1B(OC(=O)c1ncccc1O)c1cccc(Cl)c1. The Kier molecular flexibility index (Phi) is 5.05. The van der Waals surface area contributed by atoms with Crippen molar-refractivity contribution in [2.45, 2.75) is 6.92 Å². The van der Waals surface area contributed by atoms with E-state index in [1.807, 2.05) is 37.3 Å². The van der Waals surface area contributed by atoms with Crippen molar-refractivity contribution < 1.29 is 14.6 Å². The van der Waals surface area contributed by atoms with Gasteiger partial charge in [-0.1, -0.05) is 53.6 Å². The quantitative estimate of drug-likeness (QED) is 0.734. The molecule has 3 aromatic rings. The van der Waals surface area contributed by atoms with E-state index in [-0.39, 0.29) is 11.4 Å². The molecule has 0 aliphatic rings. The van der Waals surface area contributed by atoms with Gasteiger partial charge in [0.05, 0.1) is 0 Å². The molecule has 1 N–H and O–H groups in total. The second-order valence-corrected chi connectivity index (χ2v) is 6.00. The number of rotatable bonds is 4. The second-order valence-electron chi connectivity index (χ2n) is 5.57. The molecule has 0 aliphatic carbocycles. The predicted molar refractivity (Wildman–Crippen MR) is 99.0 cm³/mol. The Morgan fingerprint density at radius 3 is 2.64 bits per heavy atom. The first-order valence-electron chi connectivity index (χ1n) is 7.72. The lowest BCUT2D eigenvalue weighted by Crippen LogP contribution is -2.47. The molecule has 6 heteroatoms. The molecule has 1 heterocycles. The zero-order chi connectivity index (χ0) is 17.8. The Labute approximate surface area is 151 Å². The van der Waals surface area contributed by atoms with Gasteiger partial charge in [0.2, 0.25) is 0 Å². The molecule has 0 saturated heterocycles. The number of nitrogens with zero attached hydrogens (tertiary/aromatic N) is 1. The molecular formula is C19H15BClNO3. The smallest absolute Gasteiger partial charge is 0.430 e. The van der Waals surface area contributed by atoms with Crippen LogP contribution in [0.4, 0.5) is 0 Å². The summed E-state index contributed by atoms with van der Waals surface area (Å²) in [5, 5.41) is 10.4. The van der Waals surface area contributed by atoms with E-state index in [0.717, 1.165) is 16.5 Å². The molecule has 0 radical (unpaired) electrons. The molecule has 0 bridgehead atoms. The molecule has 1 aromatic heterocycles. The van der Waals surface area contributed by atoms with E-state index in [2.05, 4.69) is 4.98 Å². The molecule has 0 atom stereocenters. The van der Waals surface area contributed by atoms with E-state index in [9.17, 15) is 9.90 Å². The highest BCUT2D eigenvalue weighted by molar-refractivity contribution is 6.81. The summed E-state index contributed by atoms with van der Waals surface area (Å²) >= 11 is 6.10. The first-order valence-corrected chi connectivity index (χ1v) is 8.10. The molecule has 0 unspecified atom stereocenters. The van der Waals surface area contributed by atoms with Crippen LogP contribution in [-0.4, -0.2) is 23.0 Å². The van der Waals surface area contributed by atoms with Crippen LogP contribution in [0.3, 0.4) is 0 Å². The summed E-state index contributed by atoms with van der Waals surface area (Å²) in [6.45, 7) is 1.28. The third-order valence-electron chi connectivity index (χ3n) is 3.83. The maximum Gasteiger partial charge on any atom is 0.430 e. The normalized spacial score (nSPS) is 10.3. The average Bonchev–Trinajstić information content (AvgIpc) is 2.60. The van der Waals surface area contributed by atoms with E-state index in [1.54, 1.807) is 24.3 Å². The number of aryl methyl sites for hydroxylation is 1. The first kappa shape index (κ1) is 17.1. The zero-order valence-corrected chi connectivity index (χ0v) is 14.3. The van der Waals surface area contributed by atoms with Gasteiger partial charge in [0.1, 0.15) is 5.75 Å². The van der Waals surface area contributed by atoms with Gasteiger partial charge in [-0.15, -0.1) is 0 Å². The maximum atomic E-state index is 12.5. The van der Waals surface area contributed by atoms with Crippen LogP contribution >= 0.6 is 11.6 Å². The minimum atomic E-state index is -0.702. The fourth-order valence-corrected chi connectivity index (χ4v) is 2.78. The van der Waals surface area contributed by atoms with E-state index in [0.29, 0.717) is 5.02 Å². The molecule has 0 fully saturated rings.